The molecule has 0 fully saturated rings. The van der Waals surface area contributed by atoms with Crippen LogP contribution in [0.5, 0.6) is 0 Å². The van der Waals surface area contributed by atoms with E-state index in [0.29, 0.717) is 11.4 Å². The summed E-state index contributed by atoms with van der Waals surface area (Å²) in [6.45, 7) is 3.29. The van der Waals surface area contributed by atoms with Gasteiger partial charge in [0.15, 0.2) is 0 Å². The fourth-order valence-electron chi connectivity index (χ4n) is 2.19. The largest absolute Gasteiger partial charge is 0.477 e. The van der Waals surface area contributed by atoms with Crippen molar-refractivity contribution >= 4 is 5.97 Å². The number of hydrogen-bond acceptors (Lipinski definition) is 3. The molecule has 0 radical (unpaired) electrons. The maximum absolute atomic E-state index is 12.3. The van der Waals surface area contributed by atoms with Crippen LogP contribution in [0.2, 0.25) is 0 Å². The standard InChI is InChI=1S/C14H16N2O4/c1-9(17)8-15-10(2)12(14(19)20)13(18)16(15)11-6-4-3-5-7-11/h3-7,9,17H,8H2,1-2H3,(H,19,20)/t9-/m1/s1. The fourth-order valence-corrected chi connectivity index (χ4v) is 2.19. The summed E-state index contributed by atoms with van der Waals surface area (Å²) in [5.74, 6) is -1.26. The number of benzene rings is 1. The van der Waals surface area contributed by atoms with Crippen LogP contribution in [0.3, 0.4) is 0 Å². The summed E-state index contributed by atoms with van der Waals surface area (Å²) in [4.78, 5) is 23.5. The van der Waals surface area contributed by atoms with Crippen molar-refractivity contribution in [3.8, 4) is 5.69 Å². The van der Waals surface area contributed by atoms with Gasteiger partial charge in [-0.1, -0.05) is 18.2 Å². The number of aliphatic hydroxyl groups excluding tert-OH is 1. The van der Waals surface area contributed by atoms with Crippen molar-refractivity contribution in [2.75, 3.05) is 0 Å². The van der Waals surface area contributed by atoms with Crippen LogP contribution in [0.15, 0.2) is 35.1 Å². The molecule has 0 bridgehead atoms. The van der Waals surface area contributed by atoms with E-state index in [2.05, 4.69) is 0 Å². The number of carboxylic acid groups (broad SMARTS) is 1. The molecule has 0 amide bonds. The number of aromatic carboxylic acids is 1. The van der Waals surface area contributed by atoms with Crippen LogP contribution in [0, 0.1) is 6.92 Å². The highest BCUT2D eigenvalue weighted by molar-refractivity contribution is 5.88. The minimum absolute atomic E-state index is 0.142. The number of rotatable bonds is 4. The van der Waals surface area contributed by atoms with Crippen molar-refractivity contribution < 1.29 is 15.0 Å². The highest BCUT2D eigenvalue weighted by Crippen LogP contribution is 2.12. The second-order valence-corrected chi connectivity index (χ2v) is 4.65. The predicted octanol–water partition coefficient (Wildman–Crippen LogP) is 1.03. The van der Waals surface area contributed by atoms with Gasteiger partial charge in [-0.25, -0.2) is 9.48 Å². The Morgan fingerprint density at radius 1 is 1.30 bits per heavy atom. The average molecular weight is 276 g/mol. The number of carboxylic acids is 1. The smallest absolute Gasteiger partial charge is 0.343 e. The van der Waals surface area contributed by atoms with E-state index in [4.69, 9.17) is 0 Å². The Morgan fingerprint density at radius 2 is 1.90 bits per heavy atom. The van der Waals surface area contributed by atoms with Crippen molar-refractivity contribution in [1.82, 2.24) is 9.36 Å². The monoisotopic (exact) mass is 276 g/mol. The first-order chi connectivity index (χ1) is 9.43. The normalized spacial score (nSPS) is 12.3. The molecule has 1 aromatic heterocycles. The molecule has 0 aliphatic rings. The molecule has 2 rings (SSSR count). The van der Waals surface area contributed by atoms with Crippen LogP contribution in [0.25, 0.3) is 5.69 Å². The molecule has 1 atom stereocenters. The zero-order valence-electron chi connectivity index (χ0n) is 11.3. The minimum Gasteiger partial charge on any atom is -0.477 e. The average Bonchev–Trinajstić information content (AvgIpc) is 2.61. The molecule has 2 aromatic rings. The summed E-state index contributed by atoms with van der Waals surface area (Å²) in [7, 11) is 0. The van der Waals surface area contributed by atoms with Gasteiger partial charge >= 0.3 is 5.97 Å². The summed E-state index contributed by atoms with van der Waals surface area (Å²) in [6.07, 6.45) is -0.697. The molecule has 1 heterocycles. The van der Waals surface area contributed by atoms with Crippen molar-refractivity contribution in [3.05, 3.63) is 51.9 Å². The zero-order chi connectivity index (χ0) is 14.9. The second-order valence-electron chi connectivity index (χ2n) is 4.65. The molecule has 0 saturated carbocycles. The maximum Gasteiger partial charge on any atom is 0.343 e. The first-order valence-corrected chi connectivity index (χ1v) is 6.22. The van der Waals surface area contributed by atoms with Crippen LogP contribution >= 0.6 is 0 Å². The third-order valence-electron chi connectivity index (χ3n) is 3.05. The lowest BCUT2D eigenvalue weighted by atomic mass is 10.2. The van der Waals surface area contributed by atoms with E-state index in [1.54, 1.807) is 44.2 Å². The first kappa shape index (κ1) is 14.1. The van der Waals surface area contributed by atoms with Gasteiger partial charge < -0.3 is 10.2 Å². The molecule has 106 valence electrons. The van der Waals surface area contributed by atoms with Crippen LogP contribution in [0.4, 0.5) is 0 Å². The lowest BCUT2D eigenvalue weighted by molar-refractivity contribution is 0.0694. The van der Waals surface area contributed by atoms with Crippen LogP contribution < -0.4 is 5.56 Å². The SMILES string of the molecule is Cc1c(C(=O)O)c(=O)n(-c2ccccc2)n1C[C@@H](C)O. The Morgan fingerprint density at radius 3 is 2.40 bits per heavy atom. The Bertz CT molecular complexity index is 683. The Hall–Kier alpha value is -2.34. The van der Waals surface area contributed by atoms with Crippen LogP contribution in [-0.4, -0.2) is 31.6 Å². The molecule has 0 aliphatic heterocycles. The van der Waals surface area contributed by atoms with Gasteiger partial charge in [-0.15, -0.1) is 0 Å². The van der Waals surface area contributed by atoms with Crippen LogP contribution in [-0.2, 0) is 6.54 Å². The number of nitrogens with zero attached hydrogens (tertiary/aromatic N) is 2. The van der Waals surface area contributed by atoms with E-state index in [-0.39, 0.29) is 12.1 Å². The number of aromatic nitrogens is 2. The first-order valence-electron chi connectivity index (χ1n) is 6.22. The van der Waals surface area contributed by atoms with Gasteiger partial charge in [0.1, 0.15) is 5.56 Å². The number of hydrogen-bond donors (Lipinski definition) is 2. The molecule has 0 aliphatic carbocycles. The second kappa shape index (κ2) is 5.34. The third-order valence-corrected chi connectivity index (χ3v) is 3.05. The topological polar surface area (TPSA) is 84.5 Å². The Labute approximate surface area is 115 Å². The highest BCUT2D eigenvalue weighted by Gasteiger charge is 2.23. The molecular weight excluding hydrogens is 260 g/mol. The van der Waals surface area contributed by atoms with E-state index >= 15 is 0 Å². The molecule has 2 N–H and O–H groups in total. The van der Waals surface area contributed by atoms with Crippen molar-refractivity contribution in [2.24, 2.45) is 0 Å². The molecule has 20 heavy (non-hydrogen) atoms. The Balaban J connectivity index is 2.75. The summed E-state index contributed by atoms with van der Waals surface area (Å²) in [6, 6.07) is 8.76. The van der Waals surface area contributed by atoms with E-state index in [1.165, 1.54) is 9.36 Å². The minimum atomic E-state index is -1.26. The van der Waals surface area contributed by atoms with E-state index < -0.39 is 17.6 Å². The fraction of sp³-hybridized carbons (Fsp3) is 0.286. The van der Waals surface area contributed by atoms with Gasteiger partial charge in [-0.3, -0.25) is 9.48 Å². The summed E-state index contributed by atoms with van der Waals surface area (Å²) in [5, 5.41) is 18.7. The molecule has 0 unspecified atom stereocenters. The number of aliphatic hydroxyl groups is 1. The van der Waals surface area contributed by atoms with Gasteiger partial charge in [-0.2, -0.15) is 0 Å². The summed E-state index contributed by atoms with van der Waals surface area (Å²) < 4.78 is 2.78. The lowest BCUT2D eigenvalue weighted by Gasteiger charge is -2.15. The molecule has 0 saturated heterocycles. The zero-order valence-corrected chi connectivity index (χ0v) is 11.3. The number of para-hydroxylation sites is 1. The Kier molecular flexibility index (Phi) is 3.76. The molecule has 6 heteroatoms. The summed E-state index contributed by atoms with van der Waals surface area (Å²) in [5.41, 5.74) is 0.0253. The van der Waals surface area contributed by atoms with Gasteiger partial charge in [0.2, 0.25) is 0 Å². The number of carbonyl (C=O) groups is 1. The van der Waals surface area contributed by atoms with E-state index in [0.717, 1.165) is 0 Å². The van der Waals surface area contributed by atoms with Crippen molar-refractivity contribution in [1.29, 1.82) is 0 Å². The van der Waals surface area contributed by atoms with Crippen LogP contribution in [0.1, 0.15) is 23.0 Å². The third kappa shape index (κ3) is 2.37. The molecule has 6 nitrogen and oxygen atoms in total. The van der Waals surface area contributed by atoms with E-state index in [9.17, 15) is 19.8 Å². The van der Waals surface area contributed by atoms with Gasteiger partial charge in [0, 0.05) is 0 Å². The van der Waals surface area contributed by atoms with Crippen molar-refractivity contribution in [2.45, 2.75) is 26.5 Å². The van der Waals surface area contributed by atoms with Gasteiger partial charge in [0.05, 0.1) is 24.0 Å². The van der Waals surface area contributed by atoms with E-state index in [1.807, 2.05) is 0 Å². The van der Waals surface area contributed by atoms with Gasteiger partial charge in [0.25, 0.3) is 5.56 Å². The quantitative estimate of drug-likeness (QED) is 0.873. The molecule has 0 spiro atoms. The maximum atomic E-state index is 12.3. The lowest BCUT2D eigenvalue weighted by Crippen LogP contribution is -2.26. The van der Waals surface area contributed by atoms with Crippen molar-refractivity contribution in [3.63, 3.8) is 0 Å². The molecular formula is C14H16N2O4. The highest BCUT2D eigenvalue weighted by atomic mass is 16.4. The summed E-state index contributed by atoms with van der Waals surface area (Å²) >= 11 is 0. The molecule has 1 aromatic carbocycles. The van der Waals surface area contributed by atoms with Gasteiger partial charge in [-0.05, 0) is 26.0 Å². The predicted molar refractivity (Wildman–Crippen MR) is 73.4 cm³/mol.